The summed E-state index contributed by atoms with van der Waals surface area (Å²) < 4.78 is 102. The van der Waals surface area contributed by atoms with Crippen LogP contribution in [0.2, 0.25) is 18.1 Å². The summed E-state index contributed by atoms with van der Waals surface area (Å²) in [4.78, 5) is 46.3. The Bertz CT molecular complexity index is 1650. The van der Waals surface area contributed by atoms with E-state index in [-0.39, 0.29) is 43.4 Å². The maximum Gasteiger partial charge on any atom is 0.435 e. The van der Waals surface area contributed by atoms with E-state index in [1.807, 2.05) is 20.8 Å². The highest BCUT2D eigenvalue weighted by molar-refractivity contribution is 6.73. The Morgan fingerprint density at radius 1 is 0.962 bits per heavy atom. The molecule has 5 rings (SSSR count). The minimum absolute atomic E-state index is 0.0367. The maximum atomic E-state index is 15.1. The molecule has 0 aromatic carbocycles. The third-order valence-corrected chi connectivity index (χ3v) is 16.5. The third kappa shape index (κ3) is 8.25. The lowest BCUT2D eigenvalue weighted by Crippen LogP contribution is -2.60. The number of aromatic nitrogens is 3. The molecule has 2 aromatic rings. The number of alkyl halides is 6. The van der Waals surface area contributed by atoms with E-state index in [1.165, 1.54) is 18.3 Å². The van der Waals surface area contributed by atoms with E-state index in [0.717, 1.165) is 9.58 Å². The zero-order valence-corrected chi connectivity index (χ0v) is 32.3. The average Bonchev–Trinajstić information content (AvgIpc) is 3.70. The van der Waals surface area contributed by atoms with Crippen LogP contribution in [0.15, 0.2) is 18.3 Å². The van der Waals surface area contributed by atoms with Crippen molar-refractivity contribution in [3.05, 3.63) is 18.3 Å². The van der Waals surface area contributed by atoms with Crippen molar-refractivity contribution in [2.75, 3.05) is 11.9 Å². The van der Waals surface area contributed by atoms with Gasteiger partial charge in [-0.05, 0) is 95.5 Å². The largest absolute Gasteiger partial charge is 0.442 e. The number of fused-ring (bicyclic) bond motifs is 1. The first kappa shape index (κ1) is 41.0. The highest BCUT2D eigenvalue weighted by Gasteiger charge is 2.63. The first-order valence-electron chi connectivity index (χ1n) is 18.6. The van der Waals surface area contributed by atoms with Gasteiger partial charge < -0.3 is 19.4 Å². The molecule has 2 atom stereocenters. The van der Waals surface area contributed by atoms with Crippen LogP contribution in [0, 0.1) is 11.3 Å². The van der Waals surface area contributed by atoms with Crippen LogP contribution < -0.4 is 5.32 Å². The minimum atomic E-state index is -4.67. The summed E-state index contributed by atoms with van der Waals surface area (Å²) >= 11 is 0. The number of carbonyl (C=O) groups is 3. The van der Waals surface area contributed by atoms with Crippen LogP contribution in [-0.4, -0.2) is 87.9 Å². The van der Waals surface area contributed by atoms with Crippen LogP contribution >= 0.6 is 0 Å². The topological polar surface area (TPSA) is 116 Å². The lowest BCUT2D eigenvalue weighted by Gasteiger charge is -2.52. The Morgan fingerprint density at radius 2 is 1.57 bits per heavy atom. The molecule has 3 aliphatic rings. The van der Waals surface area contributed by atoms with Crippen molar-refractivity contribution in [3.63, 3.8) is 0 Å². The molecule has 17 heteroatoms. The van der Waals surface area contributed by atoms with Gasteiger partial charge in [-0.15, -0.1) is 0 Å². The molecule has 0 spiro atoms. The minimum Gasteiger partial charge on any atom is -0.442 e. The number of ether oxygens (including phenoxy) is 1. The second kappa shape index (κ2) is 14.8. The van der Waals surface area contributed by atoms with E-state index in [9.17, 15) is 36.3 Å². The SMILES string of the molecule is CC[Si](CC)(CC)OC1(C(F)(F)F)CCC(C2(C(=O)N3C[C@H](F)C[C@@H]3C(=O)Nc3ccc4c(cnn4C(=O)OC(C)(C)C)n3)CCC(F)(F)CC2)CC1. The summed E-state index contributed by atoms with van der Waals surface area (Å²) in [6.07, 6.45) is -8.88. The van der Waals surface area contributed by atoms with Crippen molar-refractivity contribution < 1.29 is 49.9 Å². The Balaban J connectivity index is 1.38. The molecular weight excluding hydrogens is 724 g/mol. The summed E-state index contributed by atoms with van der Waals surface area (Å²) in [6.45, 7) is 10.2. The van der Waals surface area contributed by atoms with Crippen LogP contribution in [0.25, 0.3) is 11.0 Å². The van der Waals surface area contributed by atoms with Gasteiger partial charge >= 0.3 is 12.3 Å². The summed E-state index contributed by atoms with van der Waals surface area (Å²) in [5.41, 5.74) is -4.12. The molecule has 1 aliphatic heterocycles. The normalized spacial score (nSPS) is 26.4. The second-order valence-corrected chi connectivity index (χ2v) is 20.7. The number of amides is 2. The van der Waals surface area contributed by atoms with E-state index < -0.39 is 105 Å². The number of nitrogens with one attached hydrogen (secondary N) is 1. The summed E-state index contributed by atoms with van der Waals surface area (Å²) in [5, 5.41) is 6.64. The van der Waals surface area contributed by atoms with Gasteiger partial charge in [0.25, 0.3) is 0 Å². The molecule has 0 unspecified atom stereocenters. The summed E-state index contributed by atoms with van der Waals surface area (Å²) in [7, 11) is -2.73. The van der Waals surface area contributed by atoms with Gasteiger partial charge in [0.15, 0.2) is 13.9 Å². The van der Waals surface area contributed by atoms with Gasteiger partial charge in [0.05, 0.1) is 23.7 Å². The molecule has 2 saturated carbocycles. The lowest BCUT2D eigenvalue weighted by atomic mass is 9.58. The first-order chi connectivity index (χ1) is 24.6. The highest BCUT2D eigenvalue weighted by atomic mass is 28.4. The maximum absolute atomic E-state index is 15.1. The molecule has 2 aliphatic carbocycles. The Labute approximate surface area is 306 Å². The molecule has 296 valence electrons. The zero-order chi connectivity index (χ0) is 39.2. The van der Waals surface area contributed by atoms with E-state index in [1.54, 1.807) is 20.8 Å². The van der Waals surface area contributed by atoms with Crippen LogP contribution in [0.1, 0.15) is 99.3 Å². The fourth-order valence-corrected chi connectivity index (χ4v) is 11.6. The second-order valence-electron chi connectivity index (χ2n) is 16.1. The molecule has 1 saturated heterocycles. The van der Waals surface area contributed by atoms with E-state index in [4.69, 9.17) is 9.16 Å². The Morgan fingerprint density at radius 3 is 2.11 bits per heavy atom. The van der Waals surface area contributed by atoms with Gasteiger partial charge in [0, 0.05) is 19.3 Å². The molecule has 2 amide bonds. The molecule has 53 heavy (non-hydrogen) atoms. The van der Waals surface area contributed by atoms with Crippen molar-refractivity contribution in [1.29, 1.82) is 0 Å². The van der Waals surface area contributed by atoms with Gasteiger partial charge in [0.1, 0.15) is 29.1 Å². The van der Waals surface area contributed by atoms with E-state index in [0.29, 0.717) is 23.6 Å². The number of likely N-dealkylation sites (tertiary alicyclic amines) is 1. The van der Waals surface area contributed by atoms with E-state index >= 15 is 4.39 Å². The average molecular weight is 776 g/mol. The van der Waals surface area contributed by atoms with Crippen LogP contribution in [0.3, 0.4) is 0 Å². The van der Waals surface area contributed by atoms with Crippen molar-refractivity contribution in [2.24, 2.45) is 11.3 Å². The fraction of sp³-hybridized carbons (Fsp3) is 0.750. The van der Waals surface area contributed by atoms with E-state index in [2.05, 4.69) is 15.4 Å². The standard InChI is InChI=1S/C36H51F6N5O5Si/c1-7-53(8-2,9-3)52-34(36(40,41)42)14-12-23(13-15-34)33(16-18-35(38,39)19-17-33)30(49)46-22-24(37)20-27(46)29(48)45-28-11-10-26-25(44-28)21-43-47(26)31(50)51-32(4,5)6/h10-11,21,23-24,27H,7-9,12-20,22H2,1-6H3,(H,44,45,48)/t23?,24-,27-,34?/m1/s1. The zero-order valence-electron chi connectivity index (χ0n) is 31.3. The number of hydrogen-bond donors (Lipinski definition) is 1. The molecule has 10 nitrogen and oxygen atoms in total. The van der Waals surface area contributed by atoms with Gasteiger partial charge in [-0.3, -0.25) is 9.59 Å². The van der Waals surface area contributed by atoms with Gasteiger partial charge in [-0.2, -0.15) is 23.0 Å². The molecule has 3 heterocycles. The van der Waals surface area contributed by atoms with Crippen molar-refractivity contribution in [2.45, 2.75) is 153 Å². The monoisotopic (exact) mass is 775 g/mol. The molecule has 0 bridgehead atoms. The lowest BCUT2D eigenvalue weighted by molar-refractivity contribution is -0.267. The number of anilines is 1. The van der Waals surface area contributed by atoms with Gasteiger partial charge in [0.2, 0.25) is 17.7 Å². The predicted octanol–water partition coefficient (Wildman–Crippen LogP) is 8.80. The number of halogens is 6. The number of hydrogen-bond acceptors (Lipinski definition) is 7. The van der Waals surface area contributed by atoms with Crippen LogP contribution in [0.4, 0.5) is 37.0 Å². The quantitative estimate of drug-likeness (QED) is 0.200. The van der Waals surface area contributed by atoms with Crippen LogP contribution in [-0.2, 0) is 18.8 Å². The molecule has 0 radical (unpaired) electrons. The Kier molecular flexibility index (Phi) is 11.4. The smallest absolute Gasteiger partial charge is 0.435 e. The van der Waals surface area contributed by atoms with Crippen molar-refractivity contribution in [3.8, 4) is 0 Å². The molecule has 3 fully saturated rings. The summed E-state index contributed by atoms with van der Waals surface area (Å²) in [6, 6.07) is 3.13. The number of carbonyl (C=O) groups excluding carboxylic acids is 3. The fourth-order valence-electron chi connectivity index (χ4n) is 8.51. The third-order valence-electron chi connectivity index (χ3n) is 11.8. The highest BCUT2D eigenvalue weighted by Crippen LogP contribution is 2.57. The van der Waals surface area contributed by atoms with Gasteiger partial charge in [-0.25, -0.2) is 22.9 Å². The molecule has 1 N–H and O–H groups in total. The van der Waals surface area contributed by atoms with Crippen molar-refractivity contribution in [1.82, 2.24) is 19.7 Å². The van der Waals surface area contributed by atoms with Crippen LogP contribution in [0.5, 0.6) is 0 Å². The first-order valence-corrected chi connectivity index (χ1v) is 21.1. The number of nitrogens with zero attached hydrogens (tertiary/aromatic N) is 4. The number of rotatable bonds is 9. The predicted molar refractivity (Wildman–Crippen MR) is 188 cm³/mol. The van der Waals surface area contributed by atoms with Crippen molar-refractivity contribution >= 4 is 43.1 Å². The molecular formula is C36H51F6N5O5Si. The Hall–Kier alpha value is -3.21. The molecule has 2 aromatic heterocycles. The van der Waals surface area contributed by atoms with Gasteiger partial charge in [-0.1, -0.05) is 20.8 Å². The number of pyridine rings is 1. The summed E-state index contributed by atoms with van der Waals surface area (Å²) in [5.74, 6) is -5.15.